The van der Waals surface area contributed by atoms with E-state index < -0.39 is 0 Å². The molecule has 1 unspecified atom stereocenters. The molecule has 1 heterocycles. The first-order chi connectivity index (χ1) is 9.54. The van der Waals surface area contributed by atoms with Gasteiger partial charge < -0.3 is 4.90 Å². The van der Waals surface area contributed by atoms with Crippen LogP contribution in [0.5, 0.6) is 0 Å². The zero-order valence-corrected chi connectivity index (χ0v) is 12.8. The van der Waals surface area contributed by atoms with Crippen molar-refractivity contribution in [1.82, 2.24) is 9.88 Å². The number of pyridine rings is 1. The Bertz CT molecular complexity index is 627. The molecule has 0 fully saturated rings. The largest absolute Gasteiger partial charge is 0.339 e. The van der Waals surface area contributed by atoms with E-state index in [2.05, 4.69) is 18.8 Å². The number of fused-ring (bicyclic) bond motifs is 1. The second-order valence-electron chi connectivity index (χ2n) is 5.06. The highest BCUT2D eigenvalue weighted by atomic mass is 35.5. The maximum absolute atomic E-state index is 12.7. The van der Waals surface area contributed by atoms with Gasteiger partial charge in [0, 0.05) is 18.5 Å². The highest BCUT2D eigenvalue weighted by molar-refractivity contribution is 6.30. The molecule has 3 nitrogen and oxygen atoms in total. The van der Waals surface area contributed by atoms with E-state index in [1.807, 2.05) is 31.3 Å². The van der Waals surface area contributed by atoms with Crippen LogP contribution < -0.4 is 0 Å². The Morgan fingerprint density at radius 1 is 1.40 bits per heavy atom. The Morgan fingerprint density at radius 2 is 2.10 bits per heavy atom. The average molecular weight is 291 g/mol. The summed E-state index contributed by atoms with van der Waals surface area (Å²) in [5, 5.41) is 1.20. The zero-order valence-electron chi connectivity index (χ0n) is 12.1. The minimum absolute atomic E-state index is 0.00792. The molecule has 0 aliphatic rings. The van der Waals surface area contributed by atoms with Gasteiger partial charge in [0.05, 0.1) is 11.1 Å². The Labute approximate surface area is 124 Å². The van der Waals surface area contributed by atoms with Crippen molar-refractivity contribution in [3.05, 3.63) is 41.0 Å². The van der Waals surface area contributed by atoms with Crippen molar-refractivity contribution < 1.29 is 4.79 Å². The average Bonchev–Trinajstić information content (AvgIpc) is 2.45. The molecule has 0 radical (unpaired) electrons. The van der Waals surface area contributed by atoms with Gasteiger partial charge in [-0.3, -0.25) is 4.79 Å². The third kappa shape index (κ3) is 2.93. The molecule has 2 aromatic rings. The van der Waals surface area contributed by atoms with Crippen molar-refractivity contribution in [3.8, 4) is 0 Å². The van der Waals surface area contributed by atoms with Crippen LogP contribution in [0.3, 0.4) is 0 Å². The quantitative estimate of drug-likeness (QED) is 0.793. The summed E-state index contributed by atoms with van der Waals surface area (Å²) in [4.78, 5) is 18.7. The number of para-hydroxylation sites is 1. The smallest absolute Gasteiger partial charge is 0.254 e. The molecular weight excluding hydrogens is 272 g/mol. The summed E-state index contributed by atoms with van der Waals surface area (Å²) in [5.74, 6) is -0.00792. The third-order valence-corrected chi connectivity index (χ3v) is 3.80. The molecule has 0 spiro atoms. The number of nitrogens with zero attached hydrogens (tertiary/aromatic N) is 2. The number of hydrogen-bond donors (Lipinski definition) is 0. The van der Waals surface area contributed by atoms with Crippen LogP contribution in [-0.4, -0.2) is 28.9 Å². The molecule has 0 N–H and O–H groups in total. The molecule has 2 rings (SSSR count). The molecule has 1 aromatic heterocycles. The minimum Gasteiger partial charge on any atom is -0.339 e. The fourth-order valence-corrected chi connectivity index (χ4v) is 2.52. The van der Waals surface area contributed by atoms with Crippen molar-refractivity contribution in [1.29, 1.82) is 0 Å². The van der Waals surface area contributed by atoms with Gasteiger partial charge in [-0.2, -0.15) is 0 Å². The first-order valence-corrected chi connectivity index (χ1v) is 7.24. The molecule has 0 saturated carbocycles. The summed E-state index contributed by atoms with van der Waals surface area (Å²) in [5.41, 5.74) is 1.37. The lowest BCUT2D eigenvalue weighted by Gasteiger charge is -2.25. The van der Waals surface area contributed by atoms with Crippen molar-refractivity contribution in [3.63, 3.8) is 0 Å². The molecular formula is C16H19ClN2O. The van der Waals surface area contributed by atoms with Crippen LogP contribution in [0.4, 0.5) is 0 Å². The third-order valence-electron chi connectivity index (χ3n) is 3.60. The van der Waals surface area contributed by atoms with Crippen LogP contribution in [0.2, 0.25) is 5.15 Å². The predicted molar refractivity (Wildman–Crippen MR) is 83.2 cm³/mol. The Balaban J connectivity index is 2.44. The van der Waals surface area contributed by atoms with E-state index in [-0.39, 0.29) is 11.9 Å². The van der Waals surface area contributed by atoms with E-state index in [1.165, 1.54) is 0 Å². The highest BCUT2D eigenvalue weighted by Crippen LogP contribution is 2.22. The van der Waals surface area contributed by atoms with Gasteiger partial charge >= 0.3 is 0 Å². The van der Waals surface area contributed by atoms with E-state index in [4.69, 9.17) is 11.6 Å². The summed E-state index contributed by atoms with van der Waals surface area (Å²) in [6.07, 6.45) is 2.04. The summed E-state index contributed by atoms with van der Waals surface area (Å²) < 4.78 is 0. The molecule has 0 aliphatic carbocycles. The Morgan fingerprint density at radius 3 is 2.80 bits per heavy atom. The van der Waals surface area contributed by atoms with Crippen LogP contribution in [0.1, 0.15) is 37.0 Å². The maximum atomic E-state index is 12.7. The predicted octanol–water partition coefficient (Wildman–Crippen LogP) is 4.15. The lowest BCUT2D eigenvalue weighted by atomic mass is 10.1. The molecule has 0 aliphatic heterocycles. The number of amides is 1. The molecule has 4 heteroatoms. The lowest BCUT2D eigenvalue weighted by Crippen LogP contribution is -2.35. The monoisotopic (exact) mass is 290 g/mol. The first-order valence-electron chi connectivity index (χ1n) is 6.87. The van der Waals surface area contributed by atoms with Crippen LogP contribution >= 0.6 is 11.6 Å². The van der Waals surface area contributed by atoms with Crippen molar-refractivity contribution >= 4 is 28.4 Å². The topological polar surface area (TPSA) is 33.2 Å². The second-order valence-corrected chi connectivity index (χ2v) is 5.45. The van der Waals surface area contributed by atoms with Gasteiger partial charge in [0.15, 0.2) is 0 Å². The Hall–Kier alpha value is -1.61. The van der Waals surface area contributed by atoms with Crippen LogP contribution in [0.25, 0.3) is 10.9 Å². The van der Waals surface area contributed by atoms with Gasteiger partial charge in [-0.15, -0.1) is 0 Å². The van der Waals surface area contributed by atoms with Gasteiger partial charge in [-0.1, -0.05) is 43.1 Å². The summed E-state index contributed by atoms with van der Waals surface area (Å²) in [6.45, 7) is 4.18. The standard InChI is InChI=1S/C16H19ClN2O/c1-4-7-11(2)19(3)16(20)13-10-15(17)18-14-9-6-5-8-12(13)14/h5-6,8-11H,4,7H2,1-3H3. The number of benzene rings is 1. The SMILES string of the molecule is CCCC(C)N(C)C(=O)c1cc(Cl)nc2ccccc12. The van der Waals surface area contributed by atoms with Crippen molar-refractivity contribution in [2.24, 2.45) is 0 Å². The minimum atomic E-state index is -0.00792. The van der Waals surface area contributed by atoms with Gasteiger partial charge in [0.1, 0.15) is 5.15 Å². The maximum Gasteiger partial charge on any atom is 0.254 e. The van der Waals surface area contributed by atoms with Crippen LogP contribution in [0, 0.1) is 0 Å². The van der Waals surface area contributed by atoms with Gasteiger partial charge in [-0.05, 0) is 25.5 Å². The number of aromatic nitrogens is 1. The van der Waals surface area contributed by atoms with Gasteiger partial charge in [0.2, 0.25) is 0 Å². The fourth-order valence-electron chi connectivity index (χ4n) is 2.32. The summed E-state index contributed by atoms with van der Waals surface area (Å²) >= 11 is 6.03. The van der Waals surface area contributed by atoms with E-state index >= 15 is 0 Å². The molecule has 1 aromatic carbocycles. The van der Waals surface area contributed by atoms with Crippen LogP contribution in [0.15, 0.2) is 30.3 Å². The Kier molecular flexibility index (Phi) is 4.61. The van der Waals surface area contributed by atoms with E-state index in [1.54, 1.807) is 11.0 Å². The van der Waals surface area contributed by atoms with Gasteiger partial charge in [0.25, 0.3) is 5.91 Å². The zero-order chi connectivity index (χ0) is 14.7. The number of rotatable bonds is 4. The van der Waals surface area contributed by atoms with Crippen molar-refractivity contribution in [2.75, 3.05) is 7.05 Å². The molecule has 0 bridgehead atoms. The molecule has 1 atom stereocenters. The number of halogens is 1. The number of hydrogen-bond acceptors (Lipinski definition) is 2. The molecule has 20 heavy (non-hydrogen) atoms. The molecule has 106 valence electrons. The van der Waals surface area contributed by atoms with Gasteiger partial charge in [-0.25, -0.2) is 4.98 Å². The fraction of sp³-hybridized carbons (Fsp3) is 0.375. The number of carbonyl (C=O) groups excluding carboxylic acids is 1. The first kappa shape index (κ1) is 14.8. The second kappa shape index (κ2) is 6.23. The molecule has 1 amide bonds. The lowest BCUT2D eigenvalue weighted by molar-refractivity contribution is 0.0738. The summed E-state index contributed by atoms with van der Waals surface area (Å²) in [7, 11) is 1.84. The van der Waals surface area contributed by atoms with E-state index in [9.17, 15) is 4.79 Å². The van der Waals surface area contributed by atoms with Crippen LogP contribution in [-0.2, 0) is 0 Å². The van der Waals surface area contributed by atoms with E-state index in [0.29, 0.717) is 10.7 Å². The number of carbonyl (C=O) groups is 1. The molecule has 0 saturated heterocycles. The highest BCUT2D eigenvalue weighted by Gasteiger charge is 2.19. The van der Waals surface area contributed by atoms with Crippen molar-refractivity contribution in [2.45, 2.75) is 32.7 Å². The van der Waals surface area contributed by atoms with E-state index in [0.717, 1.165) is 23.7 Å². The normalized spacial score (nSPS) is 12.4. The summed E-state index contributed by atoms with van der Waals surface area (Å²) in [6, 6.07) is 9.44.